The summed E-state index contributed by atoms with van der Waals surface area (Å²) in [5.41, 5.74) is 9.92. The predicted molar refractivity (Wildman–Crippen MR) is 105 cm³/mol. The Bertz CT molecular complexity index is 1120. The van der Waals surface area contributed by atoms with E-state index in [4.69, 9.17) is 10.3 Å². The first-order chi connectivity index (χ1) is 12.5. The maximum absolute atomic E-state index is 5.92. The number of nitrogens with two attached hydrogens (primary N) is 1. The van der Waals surface area contributed by atoms with E-state index >= 15 is 0 Å². The normalized spacial score (nSPS) is 11.6. The quantitative estimate of drug-likeness (QED) is 0.599. The number of hydrogen-bond acceptors (Lipinski definition) is 6. The van der Waals surface area contributed by atoms with Gasteiger partial charge in [-0.1, -0.05) is 17.3 Å². The topological polar surface area (TPSA) is 81.1 Å². The van der Waals surface area contributed by atoms with Crippen molar-refractivity contribution in [3.63, 3.8) is 0 Å². The van der Waals surface area contributed by atoms with Crippen LogP contribution in [0.1, 0.15) is 19.4 Å². The van der Waals surface area contributed by atoms with E-state index in [9.17, 15) is 0 Å². The third-order valence-electron chi connectivity index (χ3n) is 4.92. The molecule has 0 aliphatic rings. The van der Waals surface area contributed by atoms with Crippen LogP contribution in [0.2, 0.25) is 0 Å². The second-order valence-electron chi connectivity index (χ2n) is 6.88. The molecule has 4 aromatic rings. The van der Waals surface area contributed by atoms with Gasteiger partial charge in [0, 0.05) is 29.4 Å². The highest BCUT2D eigenvalue weighted by Crippen LogP contribution is 2.37. The highest BCUT2D eigenvalue weighted by Gasteiger charge is 2.19. The van der Waals surface area contributed by atoms with Gasteiger partial charge >= 0.3 is 0 Å². The van der Waals surface area contributed by atoms with Gasteiger partial charge in [-0.3, -0.25) is 0 Å². The number of benzene rings is 2. The Morgan fingerprint density at radius 1 is 1.12 bits per heavy atom. The van der Waals surface area contributed by atoms with Crippen LogP contribution < -0.4 is 10.6 Å². The fourth-order valence-electron chi connectivity index (χ4n) is 3.21. The van der Waals surface area contributed by atoms with Crippen molar-refractivity contribution in [2.45, 2.75) is 26.8 Å². The third-order valence-corrected chi connectivity index (χ3v) is 4.92. The van der Waals surface area contributed by atoms with E-state index in [1.165, 1.54) is 0 Å². The van der Waals surface area contributed by atoms with Crippen LogP contribution in [-0.4, -0.2) is 28.4 Å². The van der Waals surface area contributed by atoms with Crippen molar-refractivity contribution >= 4 is 33.4 Å². The highest BCUT2D eigenvalue weighted by molar-refractivity contribution is 6.02. The maximum Gasteiger partial charge on any atom is 0.179 e. The molecule has 0 unspecified atom stereocenters. The molecule has 0 aliphatic heterocycles. The van der Waals surface area contributed by atoms with E-state index in [0.717, 1.165) is 44.2 Å². The molecule has 0 amide bonds. The number of aromatic nitrogens is 3. The van der Waals surface area contributed by atoms with E-state index in [1.54, 1.807) is 6.20 Å². The molecule has 6 heteroatoms. The Morgan fingerprint density at radius 3 is 2.65 bits per heavy atom. The molecule has 6 nitrogen and oxygen atoms in total. The summed E-state index contributed by atoms with van der Waals surface area (Å²) < 4.78 is 5.78. The third kappa shape index (κ3) is 2.45. The van der Waals surface area contributed by atoms with Crippen LogP contribution in [0, 0.1) is 6.92 Å². The van der Waals surface area contributed by atoms with Crippen LogP contribution in [0.25, 0.3) is 32.9 Å². The van der Waals surface area contributed by atoms with Crippen molar-refractivity contribution < 1.29 is 4.52 Å². The molecule has 26 heavy (non-hydrogen) atoms. The van der Waals surface area contributed by atoms with Gasteiger partial charge in [0.15, 0.2) is 17.2 Å². The van der Waals surface area contributed by atoms with Gasteiger partial charge in [-0.05, 0) is 50.1 Å². The van der Waals surface area contributed by atoms with Gasteiger partial charge in [0.05, 0.1) is 11.6 Å². The average molecular weight is 347 g/mol. The summed E-state index contributed by atoms with van der Waals surface area (Å²) in [5, 5.41) is 15.1. The van der Waals surface area contributed by atoms with Crippen molar-refractivity contribution in [3.05, 3.63) is 42.1 Å². The van der Waals surface area contributed by atoms with E-state index in [2.05, 4.69) is 59.2 Å². The van der Waals surface area contributed by atoms with Crippen molar-refractivity contribution in [3.8, 4) is 11.1 Å². The molecule has 2 N–H and O–H groups in total. The van der Waals surface area contributed by atoms with Gasteiger partial charge in [-0.25, -0.2) is 0 Å². The van der Waals surface area contributed by atoms with Crippen LogP contribution in [0.4, 0.5) is 11.6 Å². The first kappa shape index (κ1) is 16.3. The average Bonchev–Trinajstić information content (AvgIpc) is 3.04. The van der Waals surface area contributed by atoms with Gasteiger partial charge < -0.3 is 15.2 Å². The minimum absolute atomic E-state index is 0.329. The number of rotatable bonds is 3. The summed E-state index contributed by atoms with van der Waals surface area (Å²) >= 11 is 0. The fourth-order valence-corrected chi connectivity index (χ4v) is 3.21. The van der Waals surface area contributed by atoms with Crippen LogP contribution >= 0.6 is 0 Å². The Labute approximate surface area is 151 Å². The number of nitrogens with zero attached hydrogens (tertiary/aromatic N) is 4. The Hall–Kier alpha value is -3.15. The van der Waals surface area contributed by atoms with E-state index in [0.29, 0.717) is 11.9 Å². The number of hydrogen-bond donors (Lipinski definition) is 1. The van der Waals surface area contributed by atoms with Gasteiger partial charge in [0.2, 0.25) is 0 Å². The molecule has 0 saturated heterocycles. The largest absolute Gasteiger partial charge is 0.382 e. The standard InChI is InChI=1S/C20H21N5O/c1-11(2)25(4)20-16-7-5-12(3)17(18(16)26-24-20)13-6-8-15-14(9-13)10-22-23-19(15)21/h5-11H,1-4H3,(H2,21,23). The first-order valence-electron chi connectivity index (χ1n) is 8.60. The number of aryl methyl sites for hydroxylation is 1. The zero-order valence-electron chi connectivity index (χ0n) is 15.3. The van der Waals surface area contributed by atoms with Crippen LogP contribution in [0.5, 0.6) is 0 Å². The molecule has 0 aliphatic carbocycles. The molecule has 0 fully saturated rings. The van der Waals surface area contributed by atoms with Crippen molar-refractivity contribution in [2.75, 3.05) is 17.7 Å². The lowest BCUT2D eigenvalue weighted by Crippen LogP contribution is -2.25. The zero-order valence-corrected chi connectivity index (χ0v) is 15.3. The predicted octanol–water partition coefficient (Wildman–Crippen LogP) is 4.17. The molecule has 0 saturated carbocycles. The smallest absolute Gasteiger partial charge is 0.179 e. The summed E-state index contributed by atoms with van der Waals surface area (Å²) in [6.45, 7) is 6.33. The summed E-state index contributed by atoms with van der Waals surface area (Å²) in [7, 11) is 2.03. The lowest BCUT2D eigenvalue weighted by molar-refractivity contribution is 0.454. The van der Waals surface area contributed by atoms with Crippen molar-refractivity contribution in [2.24, 2.45) is 0 Å². The highest BCUT2D eigenvalue weighted by atomic mass is 16.5. The van der Waals surface area contributed by atoms with E-state index in [1.807, 2.05) is 19.2 Å². The number of anilines is 2. The maximum atomic E-state index is 5.92. The Morgan fingerprint density at radius 2 is 1.88 bits per heavy atom. The molecule has 2 heterocycles. The monoisotopic (exact) mass is 347 g/mol. The van der Waals surface area contributed by atoms with Crippen LogP contribution in [0.15, 0.2) is 41.1 Å². The zero-order chi connectivity index (χ0) is 18.4. The minimum Gasteiger partial charge on any atom is -0.382 e. The van der Waals surface area contributed by atoms with Crippen LogP contribution in [-0.2, 0) is 0 Å². The minimum atomic E-state index is 0.329. The Balaban J connectivity index is 1.95. The molecular formula is C20H21N5O. The first-order valence-corrected chi connectivity index (χ1v) is 8.60. The summed E-state index contributed by atoms with van der Waals surface area (Å²) in [6.07, 6.45) is 1.73. The lowest BCUT2D eigenvalue weighted by Gasteiger charge is -2.20. The van der Waals surface area contributed by atoms with Gasteiger partial charge in [0.25, 0.3) is 0 Å². The molecule has 2 aromatic carbocycles. The van der Waals surface area contributed by atoms with Gasteiger partial charge in [-0.15, -0.1) is 5.10 Å². The van der Waals surface area contributed by atoms with Crippen molar-refractivity contribution in [1.29, 1.82) is 0 Å². The van der Waals surface area contributed by atoms with Crippen LogP contribution in [0.3, 0.4) is 0 Å². The van der Waals surface area contributed by atoms with Crippen molar-refractivity contribution in [1.82, 2.24) is 15.4 Å². The summed E-state index contributed by atoms with van der Waals surface area (Å²) in [4.78, 5) is 2.11. The lowest BCUT2D eigenvalue weighted by atomic mass is 9.96. The molecule has 2 aromatic heterocycles. The fraction of sp³-hybridized carbons (Fsp3) is 0.250. The molecule has 132 valence electrons. The summed E-state index contributed by atoms with van der Waals surface area (Å²) in [6, 6.07) is 10.6. The number of fused-ring (bicyclic) bond motifs is 2. The molecule has 0 radical (unpaired) electrons. The second-order valence-corrected chi connectivity index (χ2v) is 6.88. The van der Waals surface area contributed by atoms with Gasteiger partial charge in [-0.2, -0.15) is 5.10 Å². The Kier molecular flexibility index (Phi) is 3.76. The molecular weight excluding hydrogens is 326 g/mol. The molecule has 4 rings (SSSR count). The SMILES string of the molecule is Cc1ccc2c(N(C)C(C)C)noc2c1-c1ccc2c(N)nncc2c1. The molecule has 0 spiro atoms. The van der Waals surface area contributed by atoms with E-state index in [-0.39, 0.29) is 0 Å². The van der Waals surface area contributed by atoms with E-state index < -0.39 is 0 Å². The summed E-state index contributed by atoms with van der Waals surface area (Å²) in [5.74, 6) is 1.29. The molecule has 0 atom stereocenters. The second kappa shape index (κ2) is 5.98. The van der Waals surface area contributed by atoms with Gasteiger partial charge in [0.1, 0.15) is 0 Å². The number of nitrogen functional groups attached to an aromatic ring is 1. The molecule has 0 bridgehead atoms.